The Morgan fingerprint density at radius 1 is 1.36 bits per heavy atom. The lowest BCUT2D eigenvalue weighted by Crippen LogP contribution is -2.64. The van der Waals surface area contributed by atoms with Crippen LogP contribution in [0.15, 0.2) is 24.3 Å². The largest absolute Gasteiger partial charge is 0.493 e. The summed E-state index contributed by atoms with van der Waals surface area (Å²) in [7, 11) is 3.91. The Kier molecular flexibility index (Phi) is 2.39. The number of likely N-dealkylation sites (tertiary alicyclic amines) is 1. The van der Waals surface area contributed by atoms with Crippen molar-refractivity contribution in [2.45, 2.75) is 36.5 Å². The summed E-state index contributed by atoms with van der Waals surface area (Å²) < 4.78 is 11.8. The first kappa shape index (κ1) is 13.0. The van der Waals surface area contributed by atoms with Crippen LogP contribution in [0.25, 0.3) is 0 Å². The second-order valence-electron chi connectivity index (χ2n) is 7.11. The van der Waals surface area contributed by atoms with E-state index < -0.39 is 6.10 Å². The number of aliphatic hydroxyl groups is 1. The number of piperidine rings is 1. The van der Waals surface area contributed by atoms with E-state index in [-0.39, 0.29) is 11.5 Å². The topological polar surface area (TPSA) is 41.9 Å². The van der Waals surface area contributed by atoms with Crippen LogP contribution in [0.4, 0.5) is 0 Å². The molecule has 0 aromatic heterocycles. The fourth-order valence-electron chi connectivity index (χ4n) is 5.39. The molecule has 1 spiro atoms. The van der Waals surface area contributed by atoms with Gasteiger partial charge in [0.15, 0.2) is 11.5 Å². The van der Waals surface area contributed by atoms with Gasteiger partial charge in [0.1, 0.15) is 12.2 Å². The quantitative estimate of drug-likeness (QED) is 0.798. The predicted molar refractivity (Wildman–Crippen MR) is 82.5 cm³/mol. The summed E-state index contributed by atoms with van der Waals surface area (Å²) >= 11 is 0. The van der Waals surface area contributed by atoms with Crippen LogP contribution in [-0.4, -0.2) is 49.0 Å². The maximum Gasteiger partial charge on any atom is 0.165 e. The molecule has 22 heavy (non-hydrogen) atoms. The van der Waals surface area contributed by atoms with Crippen LogP contribution >= 0.6 is 0 Å². The summed E-state index contributed by atoms with van der Waals surface area (Å²) in [4.78, 5) is 2.47. The van der Waals surface area contributed by atoms with Gasteiger partial charge >= 0.3 is 0 Å². The van der Waals surface area contributed by atoms with Gasteiger partial charge in [0, 0.05) is 22.9 Å². The second kappa shape index (κ2) is 4.06. The number of methoxy groups -OCH3 is 1. The Morgan fingerprint density at radius 3 is 3.05 bits per heavy atom. The van der Waals surface area contributed by atoms with Crippen LogP contribution in [-0.2, 0) is 11.8 Å². The minimum Gasteiger partial charge on any atom is -0.493 e. The predicted octanol–water partition coefficient (Wildman–Crippen LogP) is 1.50. The molecule has 2 bridgehead atoms. The number of nitrogens with zero attached hydrogens (tertiary/aromatic N) is 1. The Morgan fingerprint density at radius 2 is 2.23 bits per heavy atom. The molecule has 5 rings (SSSR count). The van der Waals surface area contributed by atoms with E-state index in [1.807, 2.05) is 12.1 Å². The molecule has 4 heteroatoms. The summed E-state index contributed by atoms with van der Waals surface area (Å²) in [5, 5.41) is 10.6. The van der Waals surface area contributed by atoms with E-state index >= 15 is 0 Å². The van der Waals surface area contributed by atoms with Gasteiger partial charge in [0.2, 0.25) is 0 Å². The minimum absolute atomic E-state index is 0.0806. The van der Waals surface area contributed by atoms with Crippen LogP contribution in [0.5, 0.6) is 11.5 Å². The molecule has 116 valence electrons. The first-order valence-corrected chi connectivity index (χ1v) is 8.10. The molecule has 4 aliphatic rings. The fraction of sp³-hybridized carbons (Fsp3) is 0.556. The molecule has 1 fully saturated rings. The van der Waals surface area contributed by atoms with Crippen LogP contribution in [0.3, 0.4) is 0 Å². The number of aliphatic hydroxyl groups excluding tert-OH is 1. The molecule has 0 amide bonds. The van der Waals surface area contributed by atoms with E-state index in [2.05, 4.69) is 24.1 Å². The number of hydrogen-bond donors (Lipinski definition) is 1. The third-order valence-electron chi connectivity index (χ3n) is 6.35. The van der Waals surface area contributed by atoms with Crippen molar-refractivity contribution in [2.75, 3.05) is 20.7 Å². The first-order valence-electron chi connectivity index (χ1n) is 8.10. The van der Waals surface area contributed by atoms with Gasteiger partial charge in [-0.3, -0.25) is 0 Å². The lowest BCUT2D eigenvalue weighted by molar-refractivity contribution is -0.0453. The van der Waals surface area contributed by atoms with Gasteiger partial charge in [-0.05, 0) is 38.1 Å². The summed E-state index contributed by atoms with van der Waals surface area (Å²) in [5.74, 6) is 2.09. The highest BCUT2D eigenvalue weighted by Gasteiger charge is 2.64. The number of rotatable bonds is 1. The molecule has 2 aliphatic heterocycles. The zero-order valence-electron chi connectivity index (χ0n) is 13.0. The smallest absolute Gasteiger partial charge is 0.165 e. The molecule has 1 aromatic carbocycles. The van der Waals surface area contributed by atoms with Crippen LogP contribution in [0.1, 0.15) is 17.5 Å². The van der Waals surface area contributed by atoms with Crippen molar-refractivity contribution in [3.8, 4) is 11.5 Å². The summed E-state index contributed by atoms with van der Waals surface area (Å²) in [5.41, 5.74) is 2.60. The standard InChI is InChI=1S/C18H21NO3/c1-19-8-7-18-11-4-5-13(20)17(18)22-16-14(21-2)6-3-10(15(16)18)9-12(11)19/h3-6,11-13,17,20H,7-9H2,1-2H3/t11-,12-,13+,17+,18+/m1/s1. The second-order valence-corrected chi connectivity index (χ2v) is 7.11. The van der Waals surface area contributed by atoms with E-state index in [1.165, 1.54) is 11.1 Å². The highest BCUT2D eigenvalue weighted by molar-refractivity contribution is 5.62. The van der Waals surface area contributed by atoms with Gasteiger partial charge in [-0.1, -0.05) is 18.2 Å². The molecular weight excluding hydrogens is 278 g/mol. The molecule has 0 radical (unpaired) electrons. The summed E-state index contributed by atoms with van der Waals surface area (Å²) in [6.45, 7) is 1.05. The lowest BCUT2D eigenvalue weighted by Gasteiger charge is -2.56. The van der Waals surface area contributed by atoms with E-state index in [0.717, 1.165) is 30.9 Å². The number of ether oxygens (including phenoxy) is 2. The van der Waals surface area contributed by atoms with Gasteiger partial charge in [0.25, 0.3) is 0 Å². The minimum atomic E-state index is -0.539. The molecule has 1 saturated heterocycles. The maximum absolute atomic E-state index is 10.6. The molecule has 2 heterocycles. The van der Waals surface area contributed by atoms with Crippen LogP contribution < -0.4 is 9.47 Å². The van der Waals surface area contributed by atoms with Crippen LogP contribution in [0, 0.1) is 5.92 Å². The van der Waals surface area contributed by atoms with Gasteiger partial charge in [-0.25, -0.2) is 0 Å². The summed E-state index contributed by atoms with van der Waals surface area (Å²) in [6, 6.07) is 4.70. The van der Waals surface area contributed by atoms with Crippen molar-refractivity contribution < 1.29 is 14.6 Å². The van der Waals surface area contributed by atoms with Crippen molar-refractivity contribution in [1.29, 1.82) is 0 Å². The molecule has 1 N–H and O–H groups in total. The molecule has 5 atom stereocenters. The van der Waals surface area contributed by atoms with Crippen molar-refractivity contribution in [2.24, 2.45) is 5.92 Å². The van der Waals surface area contributed by atoms with Crippen molar-refractivity contribution in [1.82, 2.24) is 4.90 Å². The van der Waals surface area contributed by atoms with Gasteiger partial charge in [-0.15, -0.1) is 0 Å². The number of likely N-dealkylation sites (N-methyl/N-ethyl adjacent to an activating group) is 1. The lowest BCUT2D eigenvalue weighted by atomic mass is 9.53. The third-order valence-corrected chi connectivity index (χ3v) is 6.35. The fourth-order valence-corrected chi connectivity index (χ4v) is 5.39. The number of hydrogen-bond acceptors (Lipinski definition) is 4. The molecule has 4 nitrogen and oxygen atoms in total. The molecule has 0 saturated carbocycles. The molecular formula is C18H21NO3. The summed E-state index contributed by atoms with van der Waals surface area (Å²) in [6.07, 6.45) is 5.54. The van der Waals surface area contributed by atoms with Crippen molar-refractivity contribution in [3.05, 3.63) is 35.4 Å². The average Bonchev–Trinajstić information content (AvgIpc) is 2.88. The van der Waals surface area contributed by atoms with Gasteiger partial charge < -0.3 is 19.5 Å². The van der Waals surface area contributed by atoms with E-state index in [9.17, 15) is 5.11 Å². The normalized spacial score (nSPS) is 41.0. The van der Waals surface area contributed by atoms with E-state index in [1.54, 1.807) is 7.11 Å². The monoisotopic (exact) mass is 299 g/mol. The first-order chi connectivity index (χ1) is 10.7. The highest BCUT2D eigenvalue weighted by atomic mass is 16.5. The highest BCUT2D eigenvalue weighted by Crippen LogP contribution is 2.62. The van der Waals surface area contributed by atoms with E-state index in [4.69, 9.17) is 9.47 Å². The third kappa shape index (κ3) is 1.28. The molecule has 1 aromatic rings. The Balaban J connectivity index is 1.82. The zero-order chi connectivity index (χ0) is 15.1. The Hall–Kier alpha value is -1.52. The molecule has 2 aliphatic carbocycles. The van der Waals surface area contributed by atoms with Gasteiger partial charge in [0.05, 0.1) is 7.11 Å². The van der Waals surface area contributed by atoms with Crippen molar-refractivity contribution >= 4 is 0 Å². The molecule has 0 unspecified atom stereocenters. The van der Waals surface area contributed by atoms with E-state index in [0.29, 0.717) is 12.0 Å². The Bertz CT molecular complexity index is 685. The Labute approximate surface area is 130 Å². The average molecular weight is 299 g/mol. The SMILES string of the molecule is COc1ccc2c3c1O[C@H]1[C@@H](O)C=C[C@@H]4[C@@H](C2)N(C)CC[C@@]341. The zero-order valence-corrected chi connectivity index (χ0v) is 13.0. The van der Waals surface area contributed by atoms with Crippen molar-refractivity contribution in [3.63, 3.8) is 0 Å². The maximum atomic E-state index is 10.6. The van der Waals surface area contributed by atoms with Crippen LogP contribution in [0.2, 0.25) is 0 Å². The van der Waals surface area contributed by atoms with Gasteiger partial charge in [-0.2, -0.15) is 0 Å². The number of benzene rings is 1.